The summed E-state index contributed by atoms with van der Waals surface area (Å²) in [5.74, 6) is 1.03. The normalized spacial score (nSPS) is 19.6. The largest absolute Gasteiger partial charge is 0.496 e. The monoisotopic (exact) mass is 512 g/mol. The van der Waals surface area contributed by atoms with Crippen LogP contribution < -0.4 is 9.64 Å². The van der Waals surface area contributed by atoms with Crippen molar-refractivity contribution in [2.45, 2.75) is 26.3 Å². The lowest BCUT2D eigenvalue weighted by Crippen LogP contribution is -2.49. The van der Waals surface area contributed by atoms with Gasteiger partial charge in [-0.05, 0) is 38.5 Å². The van der Waals surface area contributed by atoms with Gasteiger partial charge in [-0.25, -0.2) is 8.42 Å². The van der Waals surface area contributed by atoms with E-state index in [2.05, 4.69) is 10.00 Å². The number of aryl methyl sites for hydroxylation is 2. The molecular formula is C25H32N6O4S. The van der Waals surface area contributed by atoms with Crippen LogP contribution in [0.3, 0.4) is 0 Å². The van der Waals surface area contributed by atoms with Crippen LogP contribution >= 0.6 is 0 Å². The molecule has 2 fully saturated rings. The summed E-state index contributed by atoms with van der Waals surface area (Å²) in [7, 11) is 0.417. The summed E-state index contributed by atoms with van der Waals surface area (Å²) in [5, 5.41) is 9.27. The Morgan fingerprint density at radius 1 is 1.08 bits per heavy atom. The van der Waals surface area contributed by atoms with Gasteiger partial charge in [0.25, 0.3) is 5.91 Å². The number of anilines is 1. The van der Waals surface area contributed by atoms with Crippen molar-refractivity contribution >= 4 is 21.4 Å². The van der Waals surface area contributed by atoms with Crippen LogP contribution in [-0.4, -0.2) is 83.6 Å². The summed E-state index contributed by atoms with van der Waals surface area (Å²) >= 11 is 0. The molecule has 2 aliphatic heterocycles. The highest BCUT2D eigenvalue weighted by Crippen LogP contribution is 2.32. The quantitative estimate of drug-likeness (QED) is 0.517. The molecule has 192 valence electrons. The molecule has 1 aromatic carbocycles. The lowest BCUT2D eigenvalue weighted by atomic mass is 10.1. The Hall–Kier alpha value is -3.34. The van der Waals surface area contributed by atoms with Crippen molar-refractivity contribution in [1.82, 2.24) is 24.5 Å². The molecule has 1 unspecified atom stereocenters. The average Bonchev–Trinajstić information content (AvgIpc) is 3.52. The number of benzene rings is 1. The molecule has 1 amide bonds. The fourth-order valence-corrected chi connectivity index (χ4v) is 7.08. The molecule has 4 heterocycles. The van der Waals surface area contributed by atoms with Crippen LogP contribution in [0.1, 0.15) is 34.3 Å². The van der Waals surface area contributed by atoms with Gasteiger partial charge in [-0.3, -0.25) is 14.2 Å². The molecule has 2 aromatic heterocycles. The highest BCUT2D eigenvalue weighted by molar-refractivity contribution is 7.91. The van der Waals surface area contributed by atoms with E-state index >= 15 is 0 Å². The summed E-state index contributed by atoms with van der Waals surface area (Å²) < 4.78 is 32.9. The first-order chi connectivity index (χ1) is 17.2. The number of carbonyl (C=O) groups excluding carboxylic acids is 1. The lowest BCUT2D eigenvalue weighted by Gasteiger charge is -2.36. The van der Waals surface area contributed by atoms with E-state index in [4.69, 9.17) is 9.84 Å². The first-order valence-electron chi connectivity index (χ1n) is 12.2. The molecular weight excluding hydrogens is 480 g/mol. The zero-order chi connectivity index (χ0) is 25.6. The van der Waals surface area contributed by atoms with Crippen LogP contribution in [0.2, 0.25) is 0 Å². The van der Waals surface area contributed by atoms with Gasteiger partial charge >= 0.3 is 0 Å². The van der Waals surface area contributed by atoms with E-state index < -0.39 is 9.84 Å². The Labute approximate surface area is 211 Å². The van der Waals surface area contributed by atoms with Crippen LogP contribution in [0.5, 0.6) is 5.75 Å². The van der Waals surface area contributed by atoms with Crippen LogP contribution in [0, 0.1) is 13.8 Å². The first kappa shape index (κ1) is 24.4. The molecule has 5 rings (SSSR count). The number of aromatic nitrogens is 4. The second-order valence-corrected chi connectivity index (χ2v) is 11.8. The lowest BCUT2D eigenvalue weighted by molar-refractivity contribution is 0.0735. The van der Waals surface area contributed by atoms with Crippen molar-refractivity contribution in [3.05, 3.63) is 47.4 Å². The second-order valence-electron chi connectivity index (χ2n) is 9.54. The number of rotatable bonds is 5. The highest BCUT2D eigenvalue weighted by atomic mass is 32.2. The van der Waals surface area contributed by atoms with E-state index in [1.54, 1.807) is 18.8 Å². The van der Waals surface area contributed by atoms with Gasteiger partial charge in [0.1, 0.15) is 11.4 Å². The van der Waals surface area contributed by atoms with Crippen LogP contribution in [0.25, 0.3) is 11.3 Å². The number of carbonyl (C=O) groups is 1. The zero-order valence-electron chi connectivity index (χ0n) is 21.1. The SMILES string of the molecule is COc1ccccc1-c1cc(C(=O)N2CCN(c3c(C)nn(C4CCS(=O)(=O)C4)c3C)CC2)n(C)n1. The molecule has 0 aliphatic carbocycles. The van der Waals surface area contributed by atoms with E-state index in [1.165, 1.54) is 0 Å². The number of piperazine rings is 1. The zero-order valence-corrected chi connectivity index (χ0v) is 22.0. The molecule has 0 N–H and O–H groups in total. The number of methoxy groups -OCH3 is 1. The van der Waals surface area contributed by atoms with Crippen LogP contribution in [-0.2, 0) is 16.9 Å². The number of hydrogen-bond donors (Lipinski definition) is 0. The first-order valence-corrected chi connectivity index (χ1v) is 14.0. The molecule has 1 atom stereocenters. The van der Waals surface area contributed by atoms with Crippen LogP contribution in [0.15, 0.2) is 30.3 Å². The molecule has 11 heteroatoms. The molecule has 2 aliphatic rings. The minimum Gasteiger partial charge on any atom is -0.496 e. The molecule has 0 spiro atoms. The Balaban J connectivity index is 1.29. The van der Waals surface area contributed by atoms with Crippen molar-refractivity contribution in [1.29, 1.82) is 0 Å². The predicted octanol–water partition coefficient (Wildman–Crippen LogP) is 2.23. The molecule has 0 radical (unpaired) electrons. The third-order valence-electron chi connectivity index (χ3n) is 7.21. The number of para-hydroxylation sites is 1. The van der Waals surface area contributed by atoms with E-state index in [9.17, 15) is 13.2 Å². The maximum atomic E-state index is 13.4. The number of sulfone groups is 1. The van der Waals surface area contributed by atoms with Crippen molar-refractivity contribution < 1.29 is 17.9 Å². The van der Waals surface area contributed by atoms with Crippen molar-refractivity contribution in [2.75, 3.05) is 49.7 Å². The summed E-state index contributed by atoms with van der Waals surface area (Å²) in [6.07, 6.45) is 0.605. The van der Waals surface area contributed by atoms with Gasteiger partial charge in [0.15, 0.2) is 9.84 Å². The summed E-state index contributed by atoms with van der Waals surface area (Å²) in [6, 6.07) is 9.35. The molecule has 0 bridgehead atoms. The fourth-order valence-electron chi connectivity index (χ4n) is 5.39. The smallest absolute Gasteiger partial charge is 0.272 e. The Bertz CT molecular complexity index is 1400. The number of hydrogen-bond acceptors (Lipinski definition) is 7. The van der Waals surface area contributed by atoms with E-state index in [-0.39, 0.29) is 23.5 Å². The minimum absolute atomic E-state index is 0.0499. The summed E-state index contributed by atoms with van der Waals surface area (Å²) in [6.45, 7) is 6.49. The van der Waals surface area contributed by atoms with Gasteiger partial charge in [-0.2, -0.15) is 10.2 Å². The van der Waals surface area contributed by atoms with Gasteiger partial charge in [-0.1, -0.05) is 12.1 Å². The fraction of sp³-hybridized carbons (Fsp3) is 0.480. The molecule has 36 heavy (non-hydrogen) atoms. The van der Waals surface area contributed by atoms with Crippen molar-refractivity contribution in [3.63, 3.8) is 0 Å². The van der Waals surface area contributed by atoms with E-state index in [1.807, 2.05) is 53.8 Å². The Kier molecular flexibility index (Phi) is 6.27. The third kappa shape index (κ3) is 4.36. The third-order valence-corrected chi connectivity index (χ3v) is 8.96. The number of ether oxygens (including phenoxy) is 1. The summed E-state index contributed by atoms with van der Waals surface area (Å²) in [4.78, 5) is 17.5. The molecule has 0 saturated carbocycles. The molecule has 3 aromatic rings. The Morgan fingerprint density at radius 3 is 2.47 bits per heavy atom. The average molecular weight is 513 g/mol. The molecule has 10 nitrogen and oxygen atoms in total. The van der Waals surface area contributed by atoms with Gasteiger partial charge in [0.2, 0.25) is 0 Å². The highest BCUT2D eigenvalue weighted by Gasteiger charge is 2.33. The maximum absolute atomic E-state index is 13.4. The van der Waals surface area contributed by atoms with Crippen LogP contribution in [0.4, 0.5) is 5.69 Å². The summed E-state index contributed by atoms with van der Waals surface area (Å²) in [5.41, 5.74) is 5.01. The van der Waals surface area contributed by atoms with Crippen molar-refractivity contribution in [2.24, 2.45) is 7.05 Å². The van der Waals surface area contributed by atoms with E-state index in [0.29, 0.717) is 49.7 Å². The van der Waals surface area contributed by atoms with Gasteiger partial charge in [0.05, 0.1) is 47.4 Å². The van der Waals surface area contributed by atoms with Crippen molar-refractivity contribution in [3.8, 4) is 17.0 Å². The number of amides is 1. The van der Waals surface area contributed by atoms with Gasteiger partial charge in [0, 0.05) is 38.8 Å². The second kappa shape index (κ2) is 9.27. The number of nitrogens with zero attached hydrogens (tertiary/aromatic N) is 6. The van der Waals surface area contributed by atoms with E-state index in [0.717, 1.165) is 22.6 Å². The standard InChI is InChI=1S/C25H32N6O4S/c1-17-24(18(2)31(26-17)19-9-14-36(33,34)16-19)29-10-12-30(13-11-29)25(32)22-15-21(27-28(22)3)20-7-5-6-8-23(20)35-4/h5-8,15,19H,9-14,16H2,1-4H3. The maximum Gasteiger partial charge on any atom is 0.272 e. The topological polar surface area (TPSA) is 103 Å². The van der Waals surface area contributed by atoms with Gasteiger partial charge in [-0.15, -0.1) is 0 Å². The molecule has 2 saturated heterocycles. The van der Waals surface area contributed by atoms with Gasteiger partial charge < -0.3 is 14.5 Å². The Morgan fingerprint density at radius 2 is 1.81 bits per heavy atom. The predicted molar refractivity (Wildman–Crippen MR) is 137 cm³/mol. The minimum atomic E-state index is -2.99.